The number of carboxylic acid groups (broad SMARTS) is 1. The molecular weight excluding hydrogens is 263 g/mol. The Morgan fingerprint density at radius 1 is 1.35 bits per heavy atom. The molecule has 0 aliphatic rings. The summed E-state index contributed by atoms with van der Waals surface area (Å²) in [5, 5.41) is 13.7. The number of carbonyl (C=O) groups is 1. The largest absolute Gasteiger partial charge is 0.476 e. The van der Waals surface area contributed by atoms with Crippen LogP contribution >= 0.6 is 23.2 Å². The smallest absolute Gasteiger partial charge is 0.356 e. The van der Waals surface area contributed by atoms with Gasteiger partial charge in [-0.1, -0.05) is 23.2 Å². The number of carboxylic acids is 1. The van der Waals surface area contributed by atoms with E-state index in [-0.39, 0.29) is 5.69 Å². The fourth-order valence-electron chi connectivity index (χ4n) is 1.38. The van der Waals surface area contributed by atoms with Crippen molar-refractivity contribution in [3.8, 4) is 5.69 Å². The molecule has 0 saturated heterocycles. The van der Waals surface area contributed by atoms with Crippen LogP contribution in [-0.2, 0) is 0 Å². The molecule has 0 bridgehead atoms. The zero-order chi connectivity index (χ0) is 12.6. The Labute approximate surface area is 107 Å². The normalized spacial score (nSPS) is 10.5. The number of aryl methyl sites for hydroxylation is 1. The van der Waals surface area contributed by atoms with Crippen molar-refractivity contribution in [1.82, 2.24) is 9.78 Å². The van der Waals surface area contributed by atoms with Crippen molar-refractivity contribution in [2.24, 2.45) is 0 Å². The standard InChI is InChI=1S/C11H8Cl2N2O2/c1-6-4-8(13)10(5-7(6)12)15-3-2-9(14-15)11(16)17/h2-5H,1H3,(H,16,17). The fraction of sp³-hybridized carbons (Fsp3) is 0.0909. The van der Waals surface area contributed by atoms with Gasteiger partial charge in [-0.25, -0.2) is 9.48 Å². The number of nitrogens with zero attached hydrogens (tertiary/aromatic N) is 2. The summed E-state index contributed by atoms with van der Waals surface area (Å²) >= 11 is 12.0. The molecule has 2 rings (SSSR count). The Hall–Kier alpha value is -1.52. The van der Waals surface area contributed by atoms with Crippen molar-refractivity contribution < 1.29 is 9.90 Å². The topological polar surface area (TPSA) is 55.1 Å². The van der Waals surface area contributed by atoms with Gasteiger partial charge in [-0.05, 0) is 30.7 Å². The summed E-state index contributed by atoms with van der Waals surface area (Å²) in [6.45, 7) is 1.84. The first-order valence-corrected chi connectivity index (χ1v) is 5.49. The highest BCUT2D eigenvalue weighted by Gasteiger charge is 2.11. The second-order valence-corrected chi connectivity index (χ2v) is 4.32. The summed E-state index contributed by atoms with van der Waals surface area (Å²) in [4.78, 5) is 10.7. The van der Waals surface area contributed by atoms with Gasteiger partial charge >= 0.3 is 5.97 Å². The molecule has 0 amide bonds. The fourth-order valence-corrected chi connectivity index (χ4v) is 1.85. The minimum Gasteiger partial charge on any atom is -0.476 e. The van der Waals surface area contributed by atoms with Crippen LogP contribution in [-0.4, -0.2) is 20.9 Å². The van der Waals surface area contributed by atoms with Crippen LogP contribution in [0, 0.1) is 6.92 Å². The van der Waals surface area contributed by atoms with Crippen molar-refractivity contribution in [3.05, 3.63) is 45.7 Å². The maximum atomic E-state index is 10.7. The number of benzene rings is 1. The Bertz CT molecular complexity index is 593. The second kappa shape index (κ2) is 4.39. The van der Waals surface area contributed by atoms with E-state index in [1.807, 2.05) is 6.92 Å². The van der Waals surface area contributed by atoms with E-state index in [2.05, 4.69) is 5.10 Å². The van der Waals surface area contributed by atoms with Gasteiger partial charge in [0.05, 0.1) is 10.7 Å². The van der Waals surface area contributed by atoms with Gasteiger partial charge in [0, 0.05) is 11.2 Å². The van der Waals surface area contributed by atoms with Crippen molar-refractivity contribution >= 4 is 29.2 Å². The third-order valence-corrected chi connectivity index (χ3v) is 2.99. The zero-order valence-electron chi connectivity index (χ0n) is 8.82. The lowest BCUT2D eigenvalue weighted by molar-refractivity contribution is 0.0690. The van der Waals surface area contributed by atoms with Gasteiger partial charge in [-0.15, -0.1) is 0 Å². The van der Waals surface area contributed by atoms with E-state index < -0.39 is 5.97 Å². The molecule has 1 aromatic carbocycles. The molecule has 4 nitrogen and oxygen atoms in total. The van der Waals surface area contributed by atoms with Crippen LogP contribution in [0.3, 0.4) is 0 Å². The van der Waals surface area contributed by atoms with Gasteiger partial charge in [0.2, 0.25) is 0 Å². The van der Waals surface area contributed by atoms with E-state index in [1.54, 1.807) is 12.1 Å². The van der Waals surface area contributed by atoms with E-state index in [0.717, 1.165) is 5.56 Å². The Morgan fingerprint density at radius 2 is 2.06 bits per heavy atom. The van der Waals surface area contributed by atoms with Gasteiger partial charge in [-0.2, -0.15) is 5.10 Å². The van der Waals surface area contributed by atoms with Crippen molar-refractivity contribution in [2.45, 2.75) is 6.92 Å². The first kappa shape index (κ1) is 12.0. The monoisotopic (exact) mass is 270 g/mol. The van der Waals surface area contributed by atoms with Crippen LogP contribution in [0.4, 0.5) is 0 Å². The maximum Gasteiger partial charge on any atom is 0.356 e. The minimum absolute atomic E-state index is 0.0437. The average molecular weight is 271 g/mol. The number of hydrogen-bond donors (Lipinski definition) is 1. The first-order valence-electron chi connectivity index (χ1n) is 4.74. The lowest BCUT2D eigenvalue weighted by atomic mass is 10.2. The number of aromatic nitrogens is 2. The molecule has 17 heavy (non-hydrogen) atoms. The molecule has 0 atom stereocenters. The summed E-state index contributed by atoms with van der Waals surface area (Å²) in [6, 6.07) is 4.76. The highest BCUT2D eigenvalue weighted by atomic mass is 35.5. The molecule has 0 aliphatic carbocycles. The van der Waals surface area contributed by atoms with E-state index in [4.69, 9.17) is 28.3 Å². The average Bonchev–Trinajstić information content (AvgIpc) is 2.72. The van der Waals surface area contributed by atoms with Crippen LogP contribution in [0.2, 0.25) is 10.0 Å². The van der Waals surface area contributed by atoms with Crippen LogP contribution in [0.5, 0.6) is 0 Å². The van der Waals surface area contributed by atoms with Crippen molar-refractivity contribution in [2.75, 3.05) is 0 Å². The summed E-state index contributed by atoms with van der Waals surface area (Å²) in [6.07, 6.45) is 1.52. The molecule has 0 radical (unpaired) electrons. The molecule has 0 spiro atoms. The molecule has 1 N–H and O–H groups in total. The van der Waals surface area contributed by atoms with Gasteiger partial charge in [-0.3, -0.25) is 0 Å². The van der Waals surface area contributed by atoms with E-state index in [0.29, 0.717) is 15.7 Å². The predicted molar refractivity (Wildman–Crippen MR) is 65.3 cm³/mol. The Kier molecular flexibility index (Phi) is 3.09. The summed E-state index contributed by atoms with van der Waals surface area (Å²) in [5.74, 6) is -1.09. The van der Waals surface area contributed by atoms with Gasteiger partial charge < -0.3 is 5.11 Å². The molecule has 2 aromatic rings. The van der Waals surface area contributed by atoms with Crippen molar-refractivity contribution in [1.29, 1.82) is 0 Å². The highest BCUT2D eigenvalue weighted by Crippen LogP contribution is 2.27. The molecule has 1 heterocycles. The quantitative estimate of drug-likeness (QED) is 0.912. The molecule has 0 saturated carbocycles. The van der Waals surface area contributed by atoms with Crippen LogP contribution < -0.4 is 0 Å². The SMILES string of the molecule is Cc1cc(Cl)c(-n2ccc(C(=O)O)n2)cc1Cl. The molecule has 88 valence electrons. The predicted octanol–water partition coefficient (Wildman–Crippen LogP) is 3.19. The van der Waals surface area contributed by atoms with E-state index in [9.17, 15) is 4.79 Å². The Balaban J connectivity index is 2.52. The molecule has 6 heteroatoms. The van der Waals surface area contributed by atoms with E-state index >= 15 is 0 Å². The third kappa shape index (κ3) is 2.28. The lowest BCUT2D eigenvalue weighted by Gasteiger charge is -2.06. The molecule has 0 aliphatic heterocycles. The maximum absolute atomic E-state index is 10.7. The highest BCUT2D eigenvalue weighted by molar-refractivity contribution is 6.35. The summed E-state index contributed by atoms with van der Waals surface area (Å²) in [5.41, 5.74) is 1.36. The minimum atomic E-state index is -1.09. The van der Waals surface area contributed by atoms with Crippen LogP contribution in [0.25, 0.3) is 5.69 Å². The second-order valence-electron chi connectivity index (χ2n) is 3.50. The zero-order valence-corrected chi connectivity index (χ0v) is 10.3. The summed E-state index contributed by atoms with van der Waals surface area (Å²) in [7, 11) is 0. The van der Waals surface area contributed by atoms with Crippen molar-refractivity contribution in [3.63, 3.8) is 0 Å². The lowest BCUT2D eigenvalue weighted by Crippen LogP contribution is -2.01. The number of halogens is 2. The Morgan fingerprint density at radius 3 is 2.65 bits per heavy atom. The van der Waals surface area contributed by atoms with Crippen LogP contribution in [0.1, 0.15) is 16.1 Å². The van der Waals surface area contributed by atoms with Gasteiger partial charge in [0.15, 0.2) is 5.69 Å². The van der Waals surface area contributed by atoms with Gasteiger partial charge in [0.1, 0.15) is 0 Å². The number of hydrogen-bond acceptors (Lipinski definition) is 2. The van der Waals surface area contributed by atoms with Crippen LogP contribution in [0.15, 0.2) is 24.4 Å². The molecular formula is C11H8Cl2N2O2. The molecule has 1 aromatic heterocycles. The third-order valence-electron chi connectivity index (χ3n) is 2.28. The number of aromatic carboxylic acids is 1. The number of rotatable bonds is 2. The molecule has 0 unspecified atom stereocenters. The first-order chi connectivity index (χ1) is 7.99. The summed E-state index contributed by atoms with van der Waals surface area (Å²) < 4.78 is 1.39. The van der Waals surface area contributed by atoms with Gasteiger partial charge in [0.25, 0.3) is 0 Å². The van der Waals surface area contributed by atoms with E-state index in [1.165, 1.54) is 16.9 Å². The molecule has 0 fully saturated rings.